The van der Waals surface area contributed by atoms with Crippen LogP contribution in [0.5, 0.6) is 0 Å². The number of carbonyl (C=O) groups is 1. The lowest BCUT2D eigenvalue weighted by molar-refractivity contribution is -0.122. The summed E-state index contributed by atoms with van der Waals surface area (Å²) in [7, 11) is 0. The molecule has 5 heteroatoms. The number of fused-ring (bicyclic) bond motifs is 2. The largest absolute Gasteiger partial charge is 0.464 e. The average molecular weight is 286 g/mol. The first-order valence-electron chi connectivity index (χ1n) is 6.76. The quantitative estimate of drug-likeness (QED) is 0.746. The first-order valence-corrected chi connectivity index (χ1v) is 7.57. The van der Waals surface area contributed by atoms with Crippen LogP contribution in [0.1, 0.15) is 29.3 Å². The molecule has 1 fully saturated rings. The standard InChI is InChI=1S/C15H14N2O2S/c1-8-17-12-5-13-10(4-14(12)20-8)11(7-19-13)9-2-3-15(18)16-6-9/h4-5,7,9H,2-3,6H2,1H3,(H,16,18). The van der Waals surface area contributed by atoms with Crippen molar-refractivity contribution in [3.8, 4) is 0 Å². The molecule has 20 heavy (non-hydrogen) atoms. The van der Waals surface area contributed by atoms with Crippen LogP contribution in [0.15, 0.2) is 22.8 Å². The van der Waals surface area contributed by atoms with Gasteiger partial charge in [-0.05, 0) is 19.4 Å². The lowest BCUT2D eigenvalue weighted by atomic mass is 9.91. The summed E-state index contributed by atoms with van der Waals surface area (Å²) in [6, 6.07) is 4.18. The van der Waals surface area contributed by atoms with Gasteiger partial charge in [-0.1, -0.05) is 0 Å². The van der Waals surface area contributed by atoms with Crippen LogP contribution in [0, 0.1) is 6.92 Å². The van der Waals surface area contributed by atoms with Crippen LogP contribution in [-0.2, 0) is 4.79 Å². The smallest absolute Gasteiger partial charge is 0.220 e. The maximum Gasteiger partial charge on any atom is 0.220 e. The molecule has 1 aliphatic heterocycles. The molecule has 0 saturated carbocycles. The Morgan fingerprint density at radius 2 is 2.35 bits per heavy atom. The summed E-state index contributed by atoms with van der Waals surface area (Å²) in [6.07, 6.45) is 3.32. The minimum atomic E-state index is 0.148. The fraction of sp³-hybridized carbons (Fsp3) is 0.333. The number of aryl methyl sites for hydroxylation is 1. The van der Waals surface area contributed by atoms with Crippen LogP contribution in [0.4, 0.5) is 0 Å². The summed E-state index contributed by atoms with van der Waals surface area (Å²) in [5.74, 6) is 0.495. The monoisotopic (exact) mass is 286 g/mol. The molecule has 0 radical (unpaired) electrons. The molecule has 0 aliphatic carbocycles. The van der Waals surface area contributed by atoms with E-state index in [0.717, 1.165) is 27.9 Å². The number of amides is 1. The Kier molecular flexibility index (Phi) is 2.57. The van der Waals surface area contributed by atoms with Gasteiger partial charge in [-0.15, -0.1) is 11.3 Å². The third-order valence-corrected chi connectivity index (χ3v) is 4.86. The van der Waals surface area contributed by atoms with E-state index < -0.39 is 0 Å². The third-order valence-electron chi connectivity index (χ3n) is 3.93. The normalized spacial score (nSPS) is 19.6. The minimum Gasteiger partial charge on any atom is -0.464 e. The molecule has 1 atom stereocenters. The van der Waals surface area contributed by atoms with Gasteiger partial charge in [-0.3, -0.25) is 4.79 Å². The molecule has 102 valence electrons. The Hall–Kier alpha value is -1.88. The fourth-order valence-electron chi connectivity index (χ4n) is 2.90. The highest BCUT2D eigenvalue weighted by atomic mass is 32.1. The van der Waals surface area contributed by atoms with Crippen molar-refractivity contribution >= 4 is 38.4 Å². The molecule has 4 nitrogen and oxygen atoms in total. The molecule has 1 aliphatic rings. The van der Waals surface area contributed by atoms with Gasteiger partial charge in [-0.2, -0.15) is 0 Å². The number of furan rings is 1. The predicted molar refractivity (Wildman–Crippen MR) is 79.1 cm³/mol. The Bertz CT molecular complexity index is 808. The number of nitrogens with one attached hydrogen (secondary N) is 1. The average Bonchev–Trinajstić information content (AvgIpc) is 2.98. The Balaban J connectivity index is 1.83. The number of hydrogen-bond donors (Lipinski definition) is 1. The van der Waals surface area contributed by atoms with Gasteiger partial charge in [0.2, 0.25) is 5.91 Å². The summed E-state index contributed by atoms with van der Waals surface area (Å²) in [6.45, 7) is 2.72. The van der Waals surface area contributed by atoms with E-state index >= 15 is 0 Å². The van der Waals surface area contributed by atoms with Gasteiger partial charge in [-0.25, -0.2) is 4.98 Å². The second-order valence-electron chi connectivity index (χ2n) is 5.28. The van der Waals surface area contributed by atoms with Crippen molar-refractivity contribution in [2.75, 3.05) is 6.54 Å². The lowest BCUT2D eigenvalue weighted by Gasteiger charge is -2.21. The van der Waals surface area contributed by atoms with Crippen molar-refractivity contribution in [2.24, 2.45) is 0 Å². The number of thiazole rings is 1. The molecular formula is C15H14N2O2S. The van der Waals surface area contributed by atoms with Gasteiger partial charge in [0, 0.05) is 35.9 Å². The van der Waals surface area contributed by atoms with Crippen LogP contribution < -0.4 is 5.32 Å². The number of carbonyl (C=O) groups excluding carboxylic acids is 1. The Morgan fingerprint density at radius 3 is 3.15 bits per heavy atom. The molecule has 1 N–H and O–H groups in total. The van der Waals surface area contributed by atoms with Crippen LogP contribution in [-0.4, -0.2) is 17.4 Å². The molecule has 1 saturated heterocycles. The van der Waals surface area contributed by atoms with Crippen LogP contribution in [0.3, 0.4) is 0 Å². The van der Waals surface area contributed by atoms with Gasteiger partial charge in [0.1, 0.15) is 5.58 Å². The summed E-state index contributed by atoms with van der Waals surface area (Å²) in [5.41, 5.74) is 3.08. The highest BCUT2D eigenvalue weighted by molar-refractivity contribution is 7.18. The summed E-state index contributed by atoms with van der Waals surface area (Å²) < 4.78 is 6.89. The zero-order valence-corrected chi connectivity index (χ0v) is 11.9. The molecule has 1 amide bonds. The van der Waals surface area contributed by atoms with Crippen molar-refractivity contribution in [1.29, 1.82) is 0 Å². The van der Waals surface area contributed by atoms with E-state index in [1.54, 1.807) is 11.3 Å². The second kappa shape index (κ2) is 4.31. The van der Waals surface area contributed by atoms with Crippen LogP contribution >= 0.6 is 11.3 Å². The van der Waals surface area contributed by atoms with Gasteiger partial charge in [0.05, 0.1) is 21.5 Å². The van der Waals surface area contributed by atoms with Crippen molar-refractivity contribution in [2.45, 2.75) is 25.7 Å². The maximum atomic E-state index is 11.3. The van der Waals surface area contributed by atoms with E-state index in [4.69, 9.17) is 4.42 Å². The van der Waals surface area contributed by atoms with E-state index in [9.17, 15) is 4.79 Å². The van der Waals surface area contributed by atoms with Crippen LogP contribution in [0.25, 0.3) is 21.2 Å². The number of benzene rings is 1. The Morgan fingerprint density at radius 1 is 1.45 bits per heavy atom. The molecule has 3 aromatic rings. The number of rotatable bonds is 1. The van der Waals surface area contributed by atoms with E-state index in [1.165, 1.54) is 10.3 Å². The summed E-state index contributed by atoms with van der Waals surface area (Å²) in [5, 5.41) is 5.16. The van der Waals surface area contributed by atoms with Crippen LogP contribution in [0.2, 0.25) is 0 Å². The summed E-state index contributed by atoms with van der Waals surface area (Å²) in [4.78, 5) is 15.8. The predicted octanol–water partition coefficient (Wildman–Crippen LogP) is 3.34. The first-order chi connectivity index (χ1) is 9.70. The first kappa shape index (κ1) is 11.9. The number of hydrogen-bond acceptors (Lipinski definition) is 4. The zero-order chi connectivity index (χ0) is 13.7. The molecule has 3 heterocycles. The summed E-state index contributed by atoms with van der Waals surface area (Å²) >= 11 is 1.70. The van der Waals surface area contributed by atoms with Crippen molar-refractivity contribution in [3.63, 3.8) is 0 Å². The highest BCUT2D eigenvalue weighted by Gasteiger charge is 2.23. The topological polar surface area (TPSA) is 55.1 Å². The fourth-order valence-corrected chi connectivity index (χ4v) is 3.75. The van der Waals surface area contributed by atoms with Gasteiger partial charge >= 0.3 is 0 Å². The Labute approximate surface area is 119 Å². The number of nitrogens with zero attached hydrogens (tertiary/aromatic N) is 1. The number of piperidine rings is 1. The molecule has 2 aromatic heterocycles. The van der Waals surface area contributed by atoms with E-state index in [2.05, 4.69) is 16.4 Å². The molecule has 4 rings (SSSR count). The zero-order valence-electron chi connectivity index (χ0n) is 11.1. The van der Waals surface area contributed by atoms with Gasteiger partial charge < -0.3 is 9.73 Å². The maximum absolute atomic E-state index is 11.3. The molecule has 1 unspecified atom stereocenters. The van der Waals surface area contributed by atoms with Crippen molar-refractivity contribution in [1.82, 2.24) is 10.3 Å². The van der Waals surface area contributed by atoms with E-state index in [1.807, 2.05) is 19.3 Å². The van der Waals surface area contributed by atoms with E-state index in [-0.39, 0.29) is 5.91 Å². The highest BCUT2D eigenvalue weighted by Crippen LogP contribution is 2.35. The van der Waals surface area contributed by atoms with E-state index in [0.29, 0.717) is 18.9 Å². The van der Waals surface area contributed by atoms with Gasteiger partial charge in [0.15, 0.2) is 0 Å². The molecule has 0 spiro atoms. The van der Waals surface area contributed by atoms with Crippen molar-refractivity contribution < 1.29 is 9.21 Å². The van der Waals surface area contributed by atoms with Gasteiger partial charge in [0.25, 0.3) is 0 Å². The second-order valence-corrected chi connectivity index (χ2v) is 6.51. The third kappa shape index (κ3) is 1.81. The lowest BCUT2D eigenvalue weighted by Crippen LogP contribution is -2.33. The molecule has 0 bridgehead atoms. The molecule has 1 aromatic carbocycles. The SMILES string of the molecule is Cc1nc2cc3occ(C4CCC(=O)NC4)c3cc2s1. The minimum absolute atomic E-state index is 0.148. The molecular weight excluding hydrogens is 272 g/mol. The van der Waals surface area contributed by atoms with Crippen molar-refractivity contribution in [3.05, 3.63) is 29.0 Å². The number of aromatic nitrogens is 1.